The second-order valence-corrected chi connectivity index (χ2v) is 21.1. The molecule has 134 valence electrons. The summed E-state index contributed by atoms with van der Waals surface area (Å²) in [5, 5.41) is 0. The van der Waals surface area contributed by atoms with Crippen LogP contribution in [0.3, 0.4) is 0 Å². The Morgan fingerprint density at radius 3 is 1.83 bits per heavy atom. The van der Waals surface area contributed by atoms with Crippen molar-refractivity contribution in [1.29, 1.82) is 0 Å². The molecule has 0 radical (unpaired) electrons. The van der Waals surface area contributed by atoms with Gasteiger partial charge in [0.1, 0.15) is 0 Å². The summed E-state index contributed by atoms with van der Waals surface area (Å²) in [6.07, 6.45) is 16.3. The minimum absolute atomic E-state index is 0.622. The van der Waals surface area contributed by atoms with E-state index in [1.54, 1.807) is 13.3 Å². The first-order chi connectivity index (χ1) is 11.0. The van der Waals surface area contributed by atoms with Crippen molar-refractivity contribution < 1.29 is 0 Å². The van der Waals surface area contributed by atoms with Crippen LogP contribution in [-0.2, 0) is 0 Å². The average Bonchev–Trinajstić information content (AvgIpc) is 3.04. The molecule has 1 rings (SSSR count). The van der Waals surface area contributed by atoms with Gasteiger partial charge in [0, 0.05) is 0 Å². The Labute approximate surface area is 150 Å². The fourth-order valence-electron chi connectivity index (χ4n) is 3.88. The molecule has 1 aliphatic carbocycles. The standard InChI is InChI=1S/C9H14N.3C4H9.Sn/c1-8(10(2)3)9-6-4-5-7-9;3*1-3-4-2;/h4,6-9H,1-3H3;3*1,3-4H2,2H3;/t8-,9?;;;;/m1..../s1. The molecule has 2 atom stereocenters. The van der Waals surface area contributed by atoms with Gasteiger partial charge in [-0.15, -0.1) is 0 Å². The van der Waals surface area contributed by atoms with Crippen LogP contribution in [0, 0.1) is 5.92 Å². The van der Waals surface area contributed by atoms with Gasteiger partial charge in [-0.25, -0.2) is 0 Å². The second kappa shape index (κ2) is 11.0. The number of hydrogen-bond acceptors (Lipinski definition) is 1. The molecule has 2 heteroatoms. The van der Waals surface area contributed by atoms with E-state index in [9.17, 15) is 0 Å². The summed E-state index contributed by atoms with van der Waals surface area (Å²) in [7, 11) is 4.43. The summed E-state index contributed by atoms with van der Waals surface area (Å²) in [6.45, 7) is 9.47. The normalized spacial score (nSPS) is 19.4. The first kappa shape index (κ1) is 21.3. The molecule has 1 aliphatic rings. The zero-order valence-electron chi connectivity index (χ0n) is 16.7. The van der Waals surface area contributed by atoms with E-state index in [1.807, 2.05) is 3.59 Å². The van der Waals surface area contributed by atoms with E-state index in [4.69, 9.17) is 0 Å². The predicted molar refractivity (Wildman–Crippen MR) is 109 cm³/mol. The fourth-order valence-corrected chi connectivity index (χ4v) is 20.2. The van der Waals surface area contributed by atoms with E-state index < -0.39 is 18.4 Å². The van der Waals surface area contributed by atoms with Crippen LogP contribution in [0.5, 0.6) is 0 Å². The van der Waals surface area contributed by atoms with Gasteiger partial charge in [0.2, 0.25) is 0 Å². The third-order valence-corrected chi connectivity index (χ3v) is 21.5. The summed E-state index contributed by atoms with van der Waals surface area (Å²) in [6, 6.07) is 0.622. The van der Waals surface area contributed by atoms with Crippen molar-refractivity contribution in [3.8, 4) is 0 Å². The fraction of sp³-hybridized carbons (Fsp3) is 0.810. The molecule has 0 saturated heterocycles. The summed E-state index contributed by atoms with van der Waals surface area (Å²) < 4.78 is 6.63. The van der Waals surface area contributed by atoms with Crippen molar-refractivity contribution in [3.05, 3.63) is 21.8 Å². The molecule has 0 aromatic rings. The summed E-state index contributed by atoms with van der Waals surface area (Å²) >= 11 is -2.18. The van der Waals surface area contributed by atoms with Crippen LogP contribution in [0.1, 0.15) is 66.2 Å². The van der Waals surface area contributed by atoms with Gasteiger partial charge in [0.25, 0.3) is 0 Å². The Hall–Kier alpha value is 0.239. The molecule has 0 aromatic heterocycles. The molecule has 0 amide bonds. The second-order valence-electron chi connectivity index (χ2n) is 7.85. The number of rotatable bonds is 12. The van der Waals surface area contributed by atoms with Crippen LogP contribution >= 0.6 is 0 Å². The van der Waals surface area contributed by atoms with Crippen LogP contribution in [0.15, 0.2) is 21.8 Å². The molecule has 0 aliphatic heterocycles. The van der Waals surface area contributed by atoms with Crippen molar-refractivity contribution in [2.75, 3.05) is 14.1 Å². The number of hydrogen-bond donors (Lipinski definition) is 0. The Bertz CT molecular complexity index is 362. The molecule has 0 heterocycles. The summed E-state index contributed by atoms with van der Waals surface area (Å²) in [4.78, 5) is 2.37. The first-order valence-electron chi connectivity index (χ1n) is 10.1. The molecule has 23 heavy (non-hydrogen) atoms. The average molecular weight is 426 g/mol. The van der Waals surface area contributed by atoms with Crippen LogP contribution in [0.4, 0.5) is 0 Å². The van der Waals surface area contributed by atoms with Crippen molar-refractivity contribution >= 4 is 18.4 Å². The van der Waals surface area contributed by atoms with E-state index in [0.29, 0.717) is 12.0 Å². The Balaban J connectivity index is 3.01. The number of unbranched alkanes of at least 4 members (excludes halogenated alkanes) is 3. The van der Waals surface area contributed by atoms with Crippen LogP contribution in [0.2, 0.25) is 13.3 Å². The minimum atomic E-state index is -2.18. The molecule has 1 unspecified atom stereocenters. The molecular formula is C21H41NSn. The Morgan fingerprint density at radius 2 is 1.43 bits per heavy atom. The van der Waals surface area contributed by atoms with Gasteiger partial charge >= 0.3 is 151 Å². The van der Waals surface area contributed by atoms with Gasteiger partial charge in [0.15, 0.2) is 0 Å². The van der Waals surface area contributed by atoms with Crippen molar-refractivity contribution in [3.63, 3.8) is 0 Å². The van der Waals surface area contributed by atoms with Gasteiger partial charge in [0.05, 0.1) is 0 Å². The molecule has 0 saturated carbocycles. The van der Waals surface area contributed by atoms with E-state index >= 15 is 0 Å². The molecule has 1 nitrogen and oxygen atoms in total. The van der Waals surface area contributed by atoms with Gasteiger partial charge in [-0.3, -0.25) is 0 Å². The van der Waals surface area contributed by atoms with Gasteiger partial charge in [-0.1, -0.05) is 0 Å². The molecule has 0 aromatic carbocycles. The van der Waals surface area contributed by atoms with E-state index in [1.165, 1.54) is 38.5 Å². The van der Waals surface area contributed by atoms with E-state index in [-0.39, 0.29) is 0 Å². The third kappa shape index (κ3) is 6.23. The van der Waals surface area contributed by atoms with E-state index in [2.05, 4.69) is 64.9 Å². The molecule has 0 bridgehead atoms. The predicted octanol–water partition coefficient (Wildman–Crippen LogP) is 6.44. The van der Waals surface area contributed by atoms with E-state index in [0.717, 1.165) is 0 Å². The quantitative estimate of drug-likeness (QED) is 0.325. The molecule has 0 N–H and O–H groups in total. The third-order valence-electron chi connectivity index (χ3n) is 5.88. The number of nitrogens with zero attached hydrogens (tertiary/aromatic N) is 1. The number of allylic oxidation sites excluding steroid dienone is 2. The molecular weight excluding hydrogens is 385 g/mol. The zero-order valence-corrected chi connectivity index (χ0v) is 19.6. The van der Waals surface area contributed by atoms with Crippen molar-refractivity contribution in [1.82, 2.24) is 4.90 Å². The van der Waals surface area contributed by atoms with Crippen LogP contribution < -0.4 is 0 Å². The van der Waals surface area contributed by atoms with Gasteiger partial charge < -0.3 is 0 Å². The SMILES string of the molecule is CCC[CH2][Sn]([CH2]CCC)([CH2]CCC)[C]1=CC([C@@H](C)N(C)C)C=C1. The summed E-state index contributed by atoms with van der Waals surface area (Å²) in [5.41, 5.74) is 0. The van der Waals surface area contributed by atoms with Crippen LogP contribution in [-0.4, -0.2) is 43.4 Å². The summed E-state index contributed by atoms with van der Waals surface area (Å²) in [5.74, 6) is 0.640. The first-order valence-corrected chi connectivity index (χ1v) is 17.6. The monoisotopic (exact) mass is 427 g/mol. The molecule has 0 spiro atoms. The maximum absolute atomic E-state index is 2.70. The van der Waals surface area contributed by atoms with Crippen molar-refractivity contribution in [2.24, 2.45) is 5.92 Å². The van der Waals surface area contributed by atoms with Crippen molar-refractivity contribution in [2.45, 2.75) is 85.6 Å². The zero-order chi connectivity index (χ0) is 17.3. The maximum atomic E-state index is 2.70. The van der Waals surface area contributed by atoms with Gasteiger partial charge in [-0.05, 0) is 0 Å². The van der Waals surface area contributed by atoms with Gasteiger partial charge in [-0.2, -0.15) is 0 Å². The van der Waals surface area contributed by atoms with Crippen LogP contribution in [0.25, 0.3) is 0 Å². The molecule has 0 fully saturated rings. The topological polar surface area (TPSA) is 3.24 Å². The Morgan fingerprint density at radius 1 is 0.957 bits per heavy atom. The Kier molecular flexibility index (Phi) is 10.2.